The van der Waals surface area contributed by atoms with Gasteiger partial charge in [-0.3, -0.25) is 0 Å². The molecular formula is C15H23NO3S. The van der Waals surface area contributed by atoms with Gasteiger partial charge in [0.15, 0.2) is 0 Å². The lowest BCUT2D eigenvalue weighted by molar-refractivity contribution is 0.134. The molecule has 0 amide bonds. The van der Waals surface area contributed by atoms with E-state index in [4.69, 9.17) is 4.74 Å². The molecule has 2 rings (SSSR count). The van der Waals surface area contributed by atoms with Crippen LogP contribution >= 0.6 is 0 Å². The van der Waals surface area contributed by atoms with Gasteiger partial charge in [0.1, 0.15) is 9.84 Å². The third-order valence-corrected chi connectivity index (χ3v) is 4.64. The lowest BCUT2D eigenvalue weighted by atomic mass is 9.98. The standard InChI is InChI=1S/C15H23NO3S/c1-3-16-15(5-4-8-20(2,17)18)12-6-7-13-10-19-11-14(13)9-12/h6-7,9,15-16H,3-5,8,10-11H2,1-2H3. The van der Waals surface area contributed by atoms with Crippen LogP contribution in [0.4, 0.5) is 0 Å². The first-order valence-electron chi connectivity index (χ1n) is 7.10. The number of sulfone groups is 1. The molecule has 0 saturated carbocycles. The molecule has 0 spiro atoms. The summed E-state index contributed by atoms with van der Waals surface area (Å²) in [5.41, 5.74) is 3.75. The molecule has 1 aliphatic rings. The summed E-state index contributed by atoms with van der Waals surface area (Å²) >= 11 is 0. The van der Waals surface area contributed by atoms with Crippen LogP contribution in [0.5, 0.6) is 0 Å². The monoisotopic (exact) mass is 297 g/mol. The topological polar surface area (TPSA) is 55.4 Å². The van der Waals surface area contributed by atoms with Crippen LogP contribution in [-0.4, -0.2) is 27.0 Å². The van der Waals surface area contributed by atoms with Crippen molar-refractivity contribution in [1.29, 1.82) is 0 Å². The Balaban J connectivity index is 2.04. The molecular weight excluding hydrogens is 274 g/mol. The van der Waals surface area contributed by atoms with Crippen molar-refractivity contribution < 1.29 is 13.2 Å². The van der Waals surface area contributed by atoms with Crippen LogP contribution < -0.4 is 5.32 Å². The zero-order valence-corrected chi connectivity index (χ0v) is 13.0. The molecule has 0 radical (unpaired) electrons. The summed E-state index contributed by atoms with van der Waals surface area (Å²) in [5, 5.41) is 3.44. The highest BCUT2D eigenvalue weighted by Gasteiger charge is 2.16. The molecule has 1 atom stereocenters. The molecule has 0 bridgehead atoms. The van der Waals surface area contributed by atoms with E-state index in [1.165, 1.54) is 22.9 Å². The summed E-state index contributed by atoms with van der Waals surface area (Å²) in [6, 6.07) is 6.66. The summed E-state index contributed by atoms with van der Waals surface area (Å²) in [5.74, 6) is 0.253. The molecule has 0 saturated heterocycles. The van der Waals surface area contributed by atoms with E-state index < -0.39 is 9.84 Å². The highest BCUT2D eigenvalue weighted by atomic mass is 32.2. The number of benzene rings is 1. The molecule has 1 aromatic carbocycles. The zero-order chi connectivity index (χ0) is 14.6. The van der Waals surface area contributed by atoms with Gasteiger partial charge >= 0.3 is 0 Å². The summed E-state index contributed by atoms with van der Waals surface area (Å²) in [4.78, 5) is 0. The number of hydrogen-bond donors (Lipinski definition) is 1. The highest BCUT2D eigenvalue weighted by molar-refractivity contribution is 7.90. The number of ether oxygens (including phenoxy) is 1. The van der Waals surface area contributed by atoms with Crippen LogP contribution in [0.2, 0.25) is 0 Å². The first kappa shape index (κ1) is 15.5. The van der Waals surface area contributed by atoms with Gasteiger partial charge in [0.25, 0.3) is 0 Å². The predicted molar refractivity (Wildman–Crippen MR) is 80.3 cm³/mol. The average Bonchev–Trinajstić information content (AvgIpc) is 2.83. The van der Waals surface area contributed by atoms with Crippen LogP contribution in [0.25, 0.3) is 0 Å². The number of fused-ring (bicyclic) bond motifs is 1. The van der Waals surface area contributed by atoms with E-state index >= 15 is 0 Å². The SMILES string of the molecule is CCNC(CCCS(C)(=O)=O)c1ccc2c(c1)COC2. The smallest absolute Gasteiger partial charge is 0.147 e. The minimum atomic E-state index is -2.87. The van der Waals surface area contributed by atoms with Gasteiger partial charge in [0.2, 0.25) is 0 Å². The van der Waals surface area contributed by atoms with Crippen molar-refractivity contribution in [2.75, 3.05) is 18.6 Å². The fourth-order valence-electron chi connectivity index (χ4n) is 2.59. The Kier molecular flexibility index (Phi) is 5.18. The highest BCUT2D eigenvalue weighted by Crippen LogP contribution is 2.26. The minimum Gasteiger partial charge on any atom is -0.372 e. The Labute approximate surface area is 121 Å². The van der Waals surface area contributed by atoms with E-state index in [0.29, 0.717) is 19.6 Å². The molecule has 1 aromatic rings. The van der Waals surface area contributed by atoms with Crippen LogP contribution in [0.3, 0.4) is 0 Å². The van der Waals surface area contributed by atoms with Crippen molar-refractivity contribution >= 4 is 9.84 Å². The van der Waals surface area contributed by atoms with Crippen LogP contribution in [0.15, 0.2) is 18.2 Å². The molecule has 0 fully saturated rings. The molecule has 1 heterocycles. The summed E-state index contributed by atoms with van der Waals surface area (Å²) in [7, 11) is -2.87. The van der Waals surface area contributed by atoms with Gasteiger partial charge in [-0.25, -0.2) is 8.42 Å². The van der Waals surface area contributed by atoms with Gasteiger partial charge in [-0.15, -0.1) is 0 Å². The third-order valence-electron chi connectivity index (χ3n) is 3.61. The van der Waals surface area contributed by atoms with Gasteiger partial charge < -0.3 is 10.1 Å². The molecule has 20 heavy (non-hydrogen) atoms. The number of hydrogen-bond acceptors (Lipinski definition) is 4. The minimum absolute atomic E-state index is 0.215. The summed E-state index contributed by atoms with van der Waals surface area (Å²) < 4.78 is 27.9. The van der Waals surface area contributed by atoms with Crippen molar-refractivity contribution in [3.63, 3.8) is 0 Å². The average molecular weight is 297 g/mol. The van der Waals surface area contributed by atoms with E-state index in [2.05, 4.69) is 30.4 Å². The third kappa shape index (κ3) is 4.30. The van der Waals surface area contributed by atoms with E-state index in [1.54, 1.807) is 0 Å². The maximum absolute atomic E-state index is 11.2. The van der Waals surface area contributed by atoms with Gasteiger partial charge in [-0.2, -0.15) is 0 Å². The fourth-order valence-corrected chi connectivity index (χ4v) is 3.28. The Morgan fingerprint density at radius 1 is 1.30 bits per heavy atom. The van der Waals surface area contributed by atoms with Crippen LogP contribution in [-0.2, 0) is 27.8 Å². The lowest BCUT2D eigenvalue weighted by Crippen LogP contribution is -2.22. The van der Waals surface area contributed by atoms with Crippen molar-refractivity contribution in [2.45, 2.75) is 39.0 Å². The van der Waals surface area contributed by atoms with Crippen LogP contribution in [0.1, 0.15) is 42.5 Å². The maximum Gasteiger partial charge on any atom is 0.147 e. The Hall–Kier alpha value is -0.910. The lowest BCUT2D eigenvalue weighted by Gasteiger charge is -2.19. The number of nitrogens with one attached hydrogen (secondary N) is 1. The van der Waals surface area contributed by atoms with Crippen molar-refractivity contribution in [2.24, 2.45) is 0 Å². The summed E-state index contributed by atoms with van der Waals surface area (Å²) in [6.07, 6.45) is 2.81. The molecule has 1 aliphatic heterocycles. The second kappa shape index (κ2) is 6.70. The Bertz CT molecular complexity index is 554. The molecule has 1 N–H and O–H groups in total. The summed E-state index contributed by atoms with van der Waals surface area (Å²) in [6.45, 7) is 4.33. The Morgan fingerprint density at radius 3 is 2.75 bits per heavy atom. The van der Waals surface area contributed by atoms with Gasteiger partial charge in [-0.1, -0.05) is 25.1 Å². The molecule has 1 unspecified atom stereocenters. The molecule has 4 nitrogen and oxygen atoms in total. The van der Waals surface area contributed by atoms with Crippen molar-refractivity contribution in [3.8, 4) is 0 Å². The normalized spacial score (nSPS) is 16.1. The van der Waals surface area contributed by atoms with Crippen molar-refractivity contribution in [3.05, 3.63) is 34.9 Å². The quantitative estimate of drug-likeness (QED) is 0.838. The van der Waals surface area contributed by atoms with Gasteiger partial charge in [-0.05, 0) is 36.1 Å². The predicted octanol–water partition coefficient (Wildman–Crippen LogP) is 2.19. The molecule has 112 valence electrons. The van der Waals surface area contributed by atoms with E-state index in [-0.39, 0.29) is 11.8 Å². The molecule has 0 aliphatic carbocycles. The second-order valence-electron chi connectivity index (χ2n) is 5.40. The first-order valence-corrected chi connectivity index (χ1v) is 9.16. The van der Waals surface area contributed by atoms with E-state index in [1.807, 2.05) is 0 Å². The van der Waals surface area contributed by atoms with E-state index in [0.717, 1.165) is 13.0 Å². The van der Waals surface area contributed by atoms with Crippen molar-refractivity contribution in [1.82, 2.24) is 5.32 Å². The zero-order valence-electron chi connectivity index (χ0n) is 12.2. The largest absolute Gasteiger partial charge is 0.372 e. The maximum atomic E-state index is 11.2. The Morgan fingerprint density at radius 2 is 2.05 bits per heavy atom. The fraction of sp³-hybridized carbons (Fsp3) is 0.600. The second-order valence-corrected chi connectivity index (χ2v) is 7.66. The van der Waals surface area contributed by atoms with E-state index in [9.17, 15) is 8.42 Å². The molecule has 5 heteroatoms. The van der Waals surface area contributed by atoms with Gasteiger partial charge in [0, 0.05) is 18.1 Å². The molecule has 0 aromatic heterocycles. The number of rotatable bonds is 7. The van der Waals surface area contributed by atoms with Gasteiger partial charge in [0.05, 0.1) is 13.2 Å². The van der Waals surface area contributed by atoms with Crippen LogP contribution in [0, 0.1) is 0 Å². The first-order chi connectivity index (χ1) is 9.49.